The zero-order valence-corrected chi connectivity index (χ0v) is 26.8. The number of aliphatic hydroxyl groups excluding tert-OH is 1. The van der Waals surface area contributed by atoms with Gasteiger partial charge in [-0.25, -0.2) is 13.4 Å². The van der Waals surface area contributed by atoms with Crippen LogP contribution >= 0.6 is 11.3 Å². The number of sulfonamides is 1. The largest absolute Gasteiger partial charge is 0.387 e. The second-order valence-electron chi connectivity index (χ2n) is 11.1. The van der Waals surface area contributed by atoms with Crippen molar-refractivity contribution in [3.63, 3.8) is 0 Å². The molecule has 0 saturated heterocycles. The van der Waals surface area contributed by atoms with Gasteiger partial charge < -0.3 is 10.4 Å². The fourth-order valence-electron chi connectivity index (χ4n) is 4.97. The maximum atomic E-state index is 13.0. The number of anilines is 1. The van der Waals surface area contributed by atoms with Crippen LogP contribution in [0.15, 0.2) is 89.1 Å². The van der Waals surface area contributed by atoms with Crippen molar-refractivity contribution in [2.24, 2.45) is 0 Å². The molecule has 0 unspecified atom stereocenters. The molecule has 6 nitrogen and oxygen atoms in total. The lowest BCUT2D eigenvalue weighted by Crippen LogP contribution is -2.23. The molecule has 0 aliphatic heterocycles. The number of hydrogen-bond donors (Lipinski definition) is 3. The van der Waals surface area contributed by atoms with Crippen LogP contribution in [-0.4, -0.2) is 31.6 Å². The Morgan fingerprint density at radius 2 is 1.47 bits per heavy atom. The number of rotatable bonds is 19. The average Bonchev–Trinajstić information content (AvgIpc) is 3.49. The van der Waals surface area contributed by atoms with Crippen molar-refractivity contribution >= 4 is 27.0 Å². The van der Waals surface area contributed by atoms with E-state index >= 15 is 0 Å². The number of nitrogens with one attached hydrogen (secondary N) is 2. The Labute approximate surface area is 261 Å². The molecule has 4 rings (SSSR count). The van der Waals surface area contributed by atoms with Crippen molar-refractivity contribution in [3.8, 4) is 0 Å². The van der Waals surface area contributed by atoms with Gasteiger partial charge in [-0.05, 0) is 73.2 Å². The van der Waals surface area contributed by atoms with Crippen LogP contribution in [0.3, 0.4) is 0 Å². The minimum absolute atomic E-state index is 0.247. The van der Waals surface area contributed by atoms with E-state index in [-0.39, 0.29) is 4.90 Å². The summed E-state index contributed by atoms with van der Waals surface area (Å²) < 4.78 is 28.6. The summed E-state index contributed by atoms with van der Waals surface area (Å²) in [6, 6.07) is 24.1. The zero-order valence-electron chi connectivity index (χ0n) is 25.2. The van der Waals surface area contributed by atoms with Crippen molar-refractivity contribution in [1.82, 2.24) is 10.3 Å². The smallest absolute Gasteiger partial charge is 0.261 e. The molecule has 8 heteroatoms. The van der Waals surface area contributed by atoms with Crippen LogP contribution in [0.2, 0.25) is 0 Å². The van der Waals surface area contributed by atoms with Crippen molar-refractivity contribution in [1.29, 1.82) is 0 Å². The van der Waals surface area contributed by atoms with Crippen LogP contribution in [0.25, 0.3) is 0 Å². The summed E-state index contributed by atoms with van der Waals surface area (Å²) in [7, 11) is -3.68. The maximum absolute atomic E-state index is 13.0. The molecule has 0 amide bonds. The van der Waals surface area contributed by atoms with E-state index in [2.05, 4.69) is 22.3 Å². The van der Waals surface area contributed by atoms with Gasteiger partial charge in [0.25, 0.3) is 10.0 Å². The molecule has 4 aromatic rings. The summed E-state index contributed by atoms with van der Waals surface area (Å²) in [4.78, 5) is 5.05. The predicted octanol–water partition coefficient (Wildman–Crippen LogP) is 7.50. The Morgan fingerprint density at radius 3 is 2.21 bits per heavy atom. The quantitative estimate of drug-likeness (QED) is 0.0946. The van der Waals surface area contributed by atoms with E-state index in [9.17, 15) is 13.5 Å². The molecular weight excluding hydrogens is 575 g/mol. The highest BCUT2D eigenvalue weighted by atomic mass is 32.2. The van der Waals surface area contributed by atoms with Gasteiger partial charge in [0, 0.05) is 24.0 Å². The van der Waals surface area contributed by atoms with Gasteiger partial charge in [0.15, 0.2) is 0 Å². The molecule has 3 aromatic carbocycles. The van der Waals surface area contributed by atoms with Gasteiger partial charge in [0.1, 0.15) is 0 Å². The molecule has 0 aliphatic carbocycles. The molecule has 230 valence electrons. The van der Waals surface area contributed by atoms with Gasteiger partial charge in [-0.3, -0.25) is 4.72 Å². The molecular formula is C35H45N3O3S2. The SMILES string of the molecule is CCCCCCCCc1csc(CCc2ccc(S(=O)(=O)Nc3ccc(CCNC[C@H](O)c4ccccc4)cc3)cc2)n1. The van der Waals surface area contributed by atoms with Gasteiger partial charge in [0.05, 0.1) is 21.7 Å². The van der Waals surface area contributed by atoms with E-state index in [4.69, 9.17) is 4.98 Å². The molecule has 0 saturated carbocycles. The lowest BCUT2D eigenvalue weighted by atomic mass is 10.1. The van der Waals surface area contributed by atoms with Crippen molar-refractivity contribution < 1.29 is 13.5 Å². The van der Waals surface area contributed by atoms with E-state index in [1.54, 1.807) is 35.6 Å². The number of hydrogen-bond acceptors (Lipinski definition) is 6. The molecule has 0 radical (unpaired) electrons. The van der Waals surface area contributed by atoms with Crippen molar-refractivity contribution in [3.05, 3.63) is 112 Å². The van der Waals surface area contributed by atoms with Gasteiger partial charge in [-0.2, -0.15) is 0 Å². The number of aryl methyl sites for hydroxylation is 3. The third-order valence-corrected chi connectivity index (χ3v) is 9.92. The highest BCUT2D eigenvalue weighted by Gasteiger charge is 2.14. The van der Waals surface area contributed by atoms with Crippen LogP contribution in [0.4, 0.5) is 5.69 Å². The van der Waals surface area contributed by atoms with Crippen molar-refractivity contribution in [2.75, 3.05) is 17.8 Å². The van der Waals surface area contributed by atoms with Gasteiger partial charge >= 0.3 is 0 Å². The maximum Gasteiger partial charge on any atom is 0.261 e. The summed E-state index contributed by atoms with van der Waals surface area (Å²) in [5, 5.41) is 16.9. The molecule has 1 atom stereocenters. The third-order valence-electron chi connectivity index (χ3n) is 7.57. The van der Waals surface area contributed by atoms with Crippen LogP contribution in [0.1, 0.15) is 78.9 Å². The number of thiazole rings is 1. The first kappa shape index (κ1) is 32.9. The fourth-order valence-corrected chi connectivity index (χ4v) is 6.86. The minimum atomic E-state index is -3.68. The standard InChI is InChI=1S/C35H45N3O3S2/c1-2-3-4-5-6-10-13-32-27-42-35(37-32)23-18-28-16-21-33(22-17-28)43(40,41)38-31-19-14-29(15-20-31)24-25-36-26-34(39)30-11-8-7-9-12-30/h7-9,11-12,14-17,19-22,27,34,36,38-39H,2-6,10,13,18,23-26H2,1H3/t34-/m0/s1. The second kappa shape index (κ2) is 17.3. The molecule has 1 aromatic heterocycles. The van der Waals surface area contributed by atoms with Gasteiger partial charge in [-0.15, -0.1) is 11.3 Å². The summed E-state index contributed by atoms with van der Waals surface area (Å²) in [5.41, 5.74) is 4.81. The third kappa shape index (κ3) is 11.2. The molecule has 3 N–H and O–H groups in total. The molecule has 0 aliphatic rings. The van der Waals surface area contributed by atoms with Gasteiger partial charge in [-0.1, -0.05) is 93.6 Å². The Hall–Kier alpha value is -3.04. The highest BCUT2D eigenvalue weighted by molar-refractivity contribution is 7.92. The molecule has 0 spiro atoms. The molecule has 0 bridgehead atoms. The number of unbranched alkanes of at least 4 members (excludes halogenated alkanes) is 5. The zero-order chi connectivity index (χ0) is 30.3. The lowest BCUT2D eigenvalue weighted by Gasteiger charge is -2.12. The first-order chi connectivity index (χ1) is 20.9. The Kier molecular flexibility index (Phi) is 13.2. The molecule has 43 heavy (non-hydrogen) atoms. The first-order valence-electron chi connectivity index (χ1n) is 15.5. The fraction of sp³-hybridized carbons (Fsp3) is 0.400. The first-order valence-corrected chi connectivity index (χ1v) is 17.9. The summed E-state index contributed by atoms with van der Waals surface area (Å²) >= 11 is 1.73. The van der Waals surface area contributed by atoms with Crippen molar-refractivity contribution in [2.45, 2.75) is 82.1 Å². The summed E-state index contributed by atoms with van der Waals surface area (Å²) in [5.74, 6) is 0. The Balaban J connectivity index is 1.18. The van der Waals surface area contributed by atoms with E-state index in [1.807, 2.05) is 54.6 Å². The predicted molar refractivity (Wildman–Crippen MR) is 178 cm³/mol. The number of benzene rings is 3. The van der Waals surface area contributed by atoms with Crippen LogP contribution in [0, 0.1) is 0 Å². The minimum Gasteiger partial charge on any atom is -0.387 e. The molecule has 0 fully saturated rings. The summed E-state index contributed by atoms with van der Waals surface area (Å²) in [6.45, 7) is 3.44. The van der Waals surface area contributed by atoms with Crippen LogP contribution in [0.5, 0.6) is 0 Å². The van der Waals surface area contributed by atoms with Crippen LogP contribution in [-0.2, 0) is 35.7 Å². The van der Waals surface area contributed by atoms with E-state index in [1.165, 1.54) is 44.2 Å². The monoisotopic (exact) mass is 619 g/mol. The Bertz CT molecular complexity index is 1450. The average molecular weight is 620 g/mol. The van der Waals surface area contributed by atoms with Gasteiger partial charge in [0.2, 0.25) is 0 Å². The number of nitrogens with zero attached hydrogens (tertiary/aromatic N) is 1. The Morgan fingerprint density at radius 1 is 0.791 bits per heavy atom. The summed E-state index contributed by atoms with van der Waals surface area (Å²) in [6.07, 6.45) is 10.7. The van der Waals surface area contributed by atoms with E-state index in [0.717, 1.165) is 47.4 Å². The van der Waals surface area contributed by atoms with Crippen LogP contribution < -0.4 is 10.0 Å². The van der Waals surface area contributed by atoms with E-state index in [0.29, 0.717) is 18.8 Å². The topological polar surface area (TPSA) is 91.3 Å². The number of aliphatic hydroxyl groups is 1. The lowest BCUT2D eigenvalue weighted by molar-refractivity contribution is 0.175. The highest BCUT2D eigenvalue weighted by Crippen LogP contribution is 2.20. The normalized spacial score (nSPS) is 12.3. The second-order valence-corrected chi connectivity index (χ2v) is 13.7. The van der Waals surface area contributed by atoms with E-state index < -0.39 is 16.1 Å². The molecule has 1 heterocycles. The number of aromatic nitrogens is 1.